The normalized spacial score (nSPS) is 16.7. The first-order chi connectivity index (χ1) is 39.0. The molecular weight excluding hydrogens is 1010 g/mol. The molecule has 1 fully saturated rings. The topological polar surface area (TPSA) is 209 Å². The Labute approximate surface area is 466 Å². The van der Waals surface area contributed by atoms with Gasteiger partial charge in [-0.05, 0) is 103 Å². The fourth-order valence-corrected chi connectivity index (χ4v) is 9.93. The molecule has 3 N–H and O–H groups in total. The molecule has 0 radical (unpaired) electrons. The Morgan fingerprint density at radius 3 is 2.19 bits per heavy atom. The van der Waals surface area contributed by atoms with E-state index in [1.54, 1.807) is 12.3 Å². The third-order valence-corrected chi connectivity index (χ3v) is 14.2. The Kier molecular flexibility index (Phi) is 19.1. The van der Waals surface area contributed by atoms with E-state index in [0.29, 0.717) is 64.6 Å². The van der Waals surface area contributed by atoms with Crippen molar-refractivity contribution >= 4 is 53.1 Å². The smallest absolute Gasteiger partial charge is 0.264 e. The van der Waals surface area contributed by atoms with Gasteiger partial charge in [-0.25, -0.2) is 0 Å². The van der Waals surface area contributed by atoms with Gasteiger partial charge in [-0.3, -0.25) is 49.1 Å². The largest absolute Gasteiger partial charge is 0.493 e. The molecule has 1 aliphatic carbocycles. The second-order valence-electron chi connectivity index (χ2n) is 19.9. The highest BCUT2D eigenvalue weighted by Crippen LogP contribution is 2.39. The summed E-state index contributed by atoms with van der Waals surface area (Å²) < 4.78 is 29.0. The van der Waals surface area contributed by atoms with E-state index in [2.05, 4.69) is 109 Å². The number of pyridine rings is 3. The van der Waals surface area contributed by atoms with Crippen LogP contribution in [0, 0.1) is 19.8 Å². The molecule has 3 aromatic heterocycles. The summed E-state index contributed by atoms with van der Waals surface area (Å²) >= 11 is 0. The van der Waals surface area contributed by atoms with E-state index in [-0.39, 0.29) is 49.3 Å². The zero-order chi connectivity index (χ0) is 56.0. The number of aromatic nitrogens is 3. The van der Waals surface area contributed by atoms with Crippen LogP contribution in [0.5, 0.6) is 5.75 Å². The lowest BCUT2D eigenvalue weighted by Gasteiger charge is -2.28. The molecule has 5 heterocycles. The van der Waals surface area contributed by atoms with Gasteiger partial charge in [0.1, 0.15) is 11.8 Å². The molecular formula is C63H67N7O10. The average molecular weight is 1080 g/mol. The van der Waals surface area contributed by atoms with Crippen LogP contribution in [0.1, 0.15) is 94.0 Å². The Morgan fingerprint density at radius 2 is 1.49 bits per heavy atom. The van der Waals surface area contributed by atoms with Crippen molar-refractivity contribution in [2.45, 2.75) is 65.3 Å². The minimum atomic E-state index is -1.10. The number of nitrogens with one attached hydrogen (secondary N) is 3. The van der Waals surface area contributed by atoms with E-state index in [1.807, 2.05) is 42.9 Å². The van der Waals surface area contributed by atoms with Gasteiger partial charge in [0.25, 0.3) is 11.8 Å². The van der Waals surface area contributed by atoms with Gasteiger partial charge in [0.15, 0.2) is 0 Å². The molecule has 0 spiro atoms. The Hall–Kier alpha value is -8.22. The number of allylic oxidation sites excluding steroid dienone is 2. The zero-order valence-corrected chi connectivity index (χ0v) is 45.6. The van der Waals surface area contributed by atoms with Gasteiger partial charge in [-0.2, -0.15) is 0 Å². The maximum Gasteiger partial charge on any atom is 0.264 e. The molecule has 9 rings (SSSR count). The van der Waals surface area contributed by atoms with Crippen LogP contribution in [0.15, 0.2) is 116 Å². The van der Waals surface area contributed by atoms with Crippen LogP contribution >= 0.6 is 0 Å². The summed E-state index contributed by atoms with van der Waals surface area (Å²) in [6.45, 7) is 12.4. The van der Waals surface area contributed by atoms with E-state index < -0.39 is 35.6 Å². The number of rotatable bonds is 27. The maximum atomic E-state index is 13.3. The summed E-state index contributed by atoms with van der Waals surface area (Å²) in [5.74, 6) is -1.16. The van der Waals surface area contributed by atoms with Crippen LogP contribution in [0.2, 0.25) is 0 Å². The van der Waals surface area contributed by atoms with E-state index in [1.165, 1.54) is 23.3 Å². The fraction of sp³-hybridized carbons (Fsp3) is 0.333. The van der Waals surface area contributed by atoms with Crippen molar-refractivity contribution in [3.05, 3.63) is 155 Å². The predicted octanol–water partition coefficient (Wildman–Crippen LogP) is 9.65. The third kappa shape index (κ3) is 13.8. The second kappa shape index (κ2) is 27.1. The molecule has 5 amide bonds. The van der Waals surface area contributed by atoms with Gasteiger partial charge in [-0.15, -0.1) is 0 Å². The van der Waals surface area contributed by atoms with Crippen LogP contribution in [0.25, 0.3) is 45.8 Å². The Morgan fingerprint density at radius 1 is 0.725 bits per heavy atom. The predicted molar refractivity (Wildman–Crippen MR) is 306 cm³/mol. The number of ether oxygens (including phenoxy) is 5. The number of carbonyl (C=O) groups excluding carboxylic acids is 5. The Bertz CT molecular complexity index is 3290. The molecule has 6 aromatic rings. The summed E-state index contributed by atoms with van der Waals surface area (Å²) in [5.41, 5.74) is 12.4. The first kappa shape index (κ1) is 56.5. The van der Waals surface area contributed by atoms with Gasteiger partial charge in [0.05, 0.1) is 94.1 Å². The van der Waals surface area contributed by atoms with Crippen molar-refractivity contribution in [1.29, 1.82) is 0 Å². The number of anilines is 2. The molecule has 1 saturated heterocycles. The standard InChI is InChI=1S/C63H67N7O10/c1-5-24-80-55-36-48(65-23-26-77-28-30-79-32-31-78-29-27-76-25-21-57(72)68-53-10-6-9-52-58(53)63(75)70(62(52)74)54-19-20-56(71)69-61(54)73)15-18-51(55)46-35-44(14-12-43-13-17-50(41(3)33-43)49-16-11-40(49)2)60(67-38-46)47-34-42(4)59(66-39-47)45-8-7-22-64-37-45/h6-18,22,33-40,49,54,65H,5,19-21,23-32H2,1-4H3,(H,68,72)(H,69,71,73)/b14-12+/t40-,49?,54?/m0/s1. The number of benzene rings is 3. The zero-order valence-electron chi connectivity index (χ0n) is 45.6. The first-order valence-electron chi connectivity index (χ1n) is 27.3. The number of hydrogen-bond donors (Lipinski definition) is 3. The summed E-state index contributed by atoms with van der Waals surface area (Å²) in [6, 6.07) is 24.5. The minimum absolute atomic E-state index is 0.00654. The van der Waals surface area contributed by atoms with Crippen molar-refractivity contribution < 1.29 is 47.7 Å². The van der Waals surface area contributed by atoms with Crippen molar-refractivity contribution in [2.75, 3.05) is 76.6 Å². The molecule has 2 unspecified atom stereocenters. The SMILES string of the molecule is CCCOc1cc(NCCOCCOCCOCCOCCC(=O)Nc2cccc3c2C(=O)N(C2CCC(=O)NC2=O)C3=O)ccc1-c1cnc(-c2cnc(-c3cccnc3)c(C)c2)c(/C=C/c2ccc(C3C=C[C@@H]3C)c(C)c2)c1. The lowest BCUT2D eigenvalue weighted by molar-refractivity contribution is -0.136. The van der Waals surface area contributed by atoms with Gasteiger partial charge in [0.2, 0.25) is 17.7 Å². The van der Waals surface area contributed by atoms with Crippen LogP contribution < -0.4 is 20.7 Å². The number of aryl methyl sites for hydroxylation is 2. The highest BCUT2D eigenvalue weighted by Gasteiger charge is 2.45. The average Bonchev–Trinajstić information content (AvgIpc) is 3.73. The third-order valence-electron chi connectivity index (χ3n) is 14.2. The number of nitrogens with zero attached hydrogens (tertiary/aromatic N) is 4. The minimum Gasteiger partial charge on any atom is -0.493 e. The van der Waals surface area contributed by atoms with Gasteiger partial charge >= 0.3 is 0 Å². The van der Waals surface area contributed by atoms with Crippen LogP contribution in [-0.4, -0.2) is 121 Å². The molecule has 3 atom stereocenters. The van der Waals surface area contributed by atoms with Crippen LogP contribution in [0.3, 0.4) is 0 Å². The molecule has 17 heteroatoms. The van der Waals surface area contributed by atoms with E-state index in [9.17, 15) is 24.0 Å². The monoisotopic (exact) mass is 1080 g/mol. The summed E-state index contributed by atoms with van der Waals surface area (Å²) in [7, 11) is 0. The van der Waals surface area contributed by atoms with Crippen molar-refractivity contribution in [2.24, 2.45) is 5.92 Å². The van der Waals surface area contributed by atoms with Gasteiger partial charge < -0.3 is 34.3 Å². The Balaban J connectivity index is 0.705. The quantitative estimate of drug-likeness (QED) is 0.0249. The fourth-order valence-electron chi connectivity index (χ4n) is 9.93. The lowest BCUT2D eigenvalue weighted by Crippen LogP contribution is -2.54. The maximum absolute atomic E-state index is 13.3. The van der Waals surface area contributed by atoms with Gasteiger partial charge in [-0.1, -0.05) is 62.4 Å². The number of piperidine rings is 1. The molecule has 0 saturated carbocycles. The summed E-state index contributed by atoms with van der Waals surface area (Å²) in [5, 5.41) is 8.32. The summed E-state index contributed by atoms with van der Waals surface area (Å²) in [4.78, 5) is 78.3. The van der Waals surface area contributed by atoms with E-state index >= 15 is 0 Å². The van der Waals surface area contributed by atoms with Gasteiger partial charge in [0, 0.05) is 83.2 Å². The second-order valence-corrected chi connectivity index (χ2v) is 19.9. The highest BCUT2D eigenvalue weighted by atomic mass is 16.6. The molecule has 414 valence electrons. The number of imide groups is 2. The van der Waals surface area contributed by atoms with E-state index in [0.717, 1.165) is 73.1 Å². The first-order valence-corrected chi connectivity index (χ1v) is 27.3. The number of carbonyl (C=O) groups is 5. The molecule has 17 nitrogen and oxygen atoms in total. The van der Waals surface area contributed by atoms with Crippen molar-refractivity contribution in [3.8, 4) is 39.4 Å². The molecule has 80 heavy (non-hydrogen) atoms. The molecule has 2 aliphatic heterocycles. The summed E-state index contributed by atoms with van der Waals surface area (Å²) in [6.07, 6.45) is 17.1. The van der Waals surface area contributed by atoms with Crippen LogP contribution in [-0.2, 0) is 33.3 Å². The number of hydrogen-bond acceptors (Lipinski definition) is 14. The number of fused-ring (bicyclic) bond motifs is 1. The van der Waals surface area contributed by atoms with Crippen molar-refractivity contribution in [1.82, 2.24) is 25.2 Å². The van der Waals surface area contributed by atoms with Crippen molar-refractivity contribution in [3.63, 3.8) is 0 Å². The number of amides is 5. The highest BCUT2D eigenvalue weighted by molar-refractivity contribution is 6.26. The van der Waals surface area contributed by atoms with E-state index in [4.69, 9.17) is 33.7 Å². The molecule has 0 bridgehead atoms. The molecule has 3 aromatic carbocycles. The lowest BCUT2D eigenvalue weighted by atomic mass is 9.77. The van der Waals surface area contributed by atoms with Crippen LogP contribution in [0.4, 0.5) is 11.4 Å². The molecule has 3 aliphatic rings.